The predicted molar refractivity (Wildman–Crippen MR) is 126 cm³/mol. The van der Waals surface area contributed by atoms with Gasteiger partial charge in [0.1, 0.15) is 11.4 Å². The Morgan fingerprint density at radius 2 is 1.91 bits per heavy atom. The molecule has 4 heterocycles. The van der Waals surface area contributed by atoms with Crippen molar-refractivity contribution in [3.8, 4) is 5.75 Å². The Hall–Kier alpha value is -2.80. The molecule has 1 aliphatic carbocycles. The highest BCUT2D eigenvalue weighted by Gasteiger charge is 2.39. The zero-order valence-corrected chi connectivity index (χ0v) is 18.7. The zero-order chi connectivity index (χ0) is 21.5. The van der Waals surface area contributed by atoms with Crippen LogP contribution < -0.4 is 14.5 Å². The normalized spacial score (nSPS) is 22.8. The molecule has 4 aliphatic rings. The molecular weight excluding hydrogens is 402 g/mol. The number of aromatic nitrogens is 1. The number of pyridine rings is 1. The number of nitrogens with zero attached hydrogens (tertiary/aromatic N) is 5. The molecule has 2 fully saturated rings. The minimum Gasteiger partial charge on any atom is -0.497 e. The Labute approximate surface area is 189 Å². The van der Waals surface area contributed by atoms with Crippen LogP contribution in [0.2, 0.25) is 0 Å². The molecule has 1 atom stereocenters. The lowest BCUT2D eigenvalue weighted by Crippen LogP contribution is -2.46. The van der Waals surface area contributed by atoms with Crippen molar-refractivity contribution >= 4 is 17.2 Å². The number of benzene rings is 1. The summed E-state index contributed by atoms with van der Waals surface area (Å²) in [5.74, 6) is 2.73. The van der Waals surface area contributed by atoms with Crippen LogP contribution in [0.4, 0.5) is 11.4 Å². The van der Waals surface area contributed by atoms with Crippen molar-refractivity contribution < 1.29 is 9.47 Å². The fourth-order valence-electron chi connectivity index (χ4n) is 5.23. The molecule has 32 heavy (non-hydrogen) atoms. The fraction of sp³-hybridized carbons (Fsp3) is 0.520. The molecule has 7 nitrogen and oxygen atoms in total. The van der Waals surface area contributed by atoms with Gasteiger partial charge < -0.3 is 24.2 Å². The maximum atomic E-state index is 5.55. The first kappa shape index (κ1) is 19.9. The first-order chi connectivity index (χ1) is 15.8. The van der Waals surface area contributed by atoms with Gasteiger partial charge in [-0.1, -0.05) is 18.6 Å². The molecule has 1 aromatic heterocycles. The summed E-state index contributed by atoms with van der Waals surface area (Å²) in [6.45, 7) is 6.09. The molecule has 6 rings (SSSR count). The van der Waals surface area contributed by atoms with Gasteiger partial charge in [0, 0.05) is 26.2 Å². The molecule has 168 valence electrons. The van der Waals surface area contributed by atoms with Gasteiger partial charge in [0.2, 0.25) is 0 Å². The Bertz CT molecular complexity index is 998. The standard InChI is InChI=1S/C25H31N5O2/c1-31-21-7-5-18(6-8-21)15-29-17-30-16-22(19-3-2-4-19)27-25(30)24-23(29)13-20(14-26-24)28-9-11-32-12-10-28/h5-8,13-14,19,22H,2-4,9-12,15-17H2,1H3. The Balaban J connectivity index is 1.33. The monoisotopic (exact) mass is 433 g/mol. The van der Waals surface area contributed by atoms with Crippen molar-refractivity contribution in [2.75, 3.05) is 56.4 Å². The largest absolute Gasteiger partial charge is 0.497 e. The third-order valence-electron chi connectivity index (χ3n) is 7.34. The van der Waals surface area contributed by atoms with Gasteiger partial charge in [-0.25, -0.2) is 4.98 Å². The number of aliphatic imine (C=N–C) groups is 1. The molecule has 1 saturated heterocycles. The van der Waals surface area contributed by atoms with Gasteiger partial charge in [-0.05, 0) is 42.5 Å². The molecule has 0 bridgehead atoms. The lowest BCUT2D eigenvalue weighted by molar-refractivity contribution is 0.122. The summed E-state index contributed by atoms with van der Waals surface area (Å²) in [6, 6.07) is 11.1. The van der Waals surface area contributed by atoms with Gasteiger partial charge in [-0.3, -0.25) is 4.99 Å². The first-order valence-electron chi connectivity index (χ1n) is 11.8. The third-order valence-corrected chi connectivity index (χ3v) is 7.34. The van der Waals surface area contributed by atoms with Crippen molar-refractivity contribution in [2.24, 2.45) is 10.9 Å². The van der Waals surface area contributed by atoms with E-state index in [-0.39, 0.29) is 0 Å². The zero-order valence-electron chi connectivity index (χ0n) is 18.7. The molecule has 0 radical (unpaired) electrons. The summed E-state index contributed by atoms with van der Waals surface area (Å²) in [7, 11) is 1.71. The second-order valence-corrected chi connectivity index (χ2v) is 9.28. The van der Waals surface area contributed by atoms with E-state index in [0.29, 0.717) is 6.04 Å². The summed E-state index contributed by atoms with van der Waals surface area (Å²) in [5.41, 5.74) is 4.66. The Morgan fingerprint density at radius 3 is 2.62 bits per heavy atom. The minimum absolute atomic E-state index is 0.424. The van der Waals surface area contributed by atoms with Crippen LogP contribution in [-0.2, 0) is 11.3 Å². The number of hydrogen-bond donors (Lipinski definition) is 0. The van der Waals surface area contributed by atoms with E-state index >= 15 is 0 Å². The lowest BCUT2D eigenvalue weighted by Gasteiger charge is -2.39. The van der Waals surface area contributed by atoms with E-state index in [9.17, 15) is 0 Å². The average Bonchev–Trinajstić information content (AvgIpc) is 3.22. The summed E-state index contributed by atoms with van der Waals surface area (Å²) < 4.78 is 10.9. The van der Waals surface area contributed by atoms with Gasteiger partial charge in [-0.2, -0.15) is 0 Å². The maximum absolute atomic E-state index is 5.55. The second-order valence-electron chi connectivity index (χ2n) is 9.28. The molecule has 3 aliphatic heterocycles. The maximum Gasteiger partial charge on any atom is 0.153 e. The summed E-state index contributed by atoms with van der Waals surface area (Å²) in [6.07, 6.45) is 6.02. The van der Waals surface area contributed by atoms with Crippen LogP contribution in [0.25, 0.3) is 0 Å². The van der Waals surface area contributed by atoms with E-state index in [1.807, 2.05) is 18.3 Å². The molecule has 1 saturated carbocycles. The van der Waals surface area contributed by atoms with Gasteiger partial charge in [-0.15, -0.1) is 0 Å². The fourth-order valence-corrected chi connectivity index (χ4v) is 5.23. The van der Waals surface area contributed by atoms with Crippen molar-refractivity contribution in [2.45, 2.75) is 31.8 Å². The van der Waals surface area contributed by atoms with Crippen molar-refractivity contribution in [3.05, 3.63) is 47.8 Å². The van der Waals surface area contributed by atoms with Crippen LogP contribution in [0.1, 0.15) is 30.5 Å². The van der Waals surface area contributed by atoms with Gasteiger partial charge in [0.15, 0.2) is 5.84 Å². The summed E-state index contributed by atoms with van der Waals surface area (Å²) in [5, 5.41) is 0. The average molecular weight is 434 g/mol. The molecule has 0 amide bonds. The van der Waals surface area contributed by atoms with E-state index in [4.69, 9.17) is 19.5 Å². The van der Waals surface area contributed by atoms with Crippen LogP contribution in [0.5, 0.6) is 5.75 Å². The van der Waals surface area contributed by atoms with E-state index in [1.54, 1.807) is 7.11 Å². The van der Waals surface area contributed by atoms with Gasteiger partial charge >= 0.3 is 0 Å². The van der Waals surface area contributed by atoms with Crippen molar-refractivity contribution in [1.29, 1.82) is 0 Å². The van der Waals surface area contributed by atoms with E-state index in [1.165, 1.54) is 36.2 Å². The molecule has 1 aromatic carbocycles. The molecule has 2 aromatic rings. The number of amidine groups is 1. The molecular formula is C25H31N5O2. The molecule has 7 heteroatoms. The van der Waals surface area contributed by atoms with E-state index in [2.05, 4.69) is 32.9 Å². The highest BCUT2D eigenvalue weighted by atomic mass is 16.5. The molecule has 1 unspecified atom stereocenters. The second kappa shape index (κ2) is 8.28. The molecule has 0 N–H and O–H groups in total. The summed E-state index contributed by atoms with van der Waals surface area (Å²) >= 11 is 0. The smallest absolute Gasteiger partial charge is 0.153 e. The summed E-state index contributed by atoms with van der Waals surface area (Å²) in [4.78, 5) is 17.4. The van der Waals surface area contributed by atoms with Crippen molar-refractivity contribution in [3.63, 3.8) is 0 Å². The van der Waals surface area contributed by atoms with Gasteiger partial charge in [0.05, 0.1) is 50.6 Å². The minimum atomic E-state index is 0.424. The highest BCUT2D eigenvalue weighted by Crippen LogP contribution is 2.38. The number of ether oxygens (including phenoxy) is 2. The number of fused-ring (bicyclic) bond motifs is 3. The number of morpholine rings is 1. The van der Waals surface area contributed by atoms with Crippen LogP contribution in [-0.4, -0.2) is 68.4 Å². The number of anilines is 2. The van der Waals surface area contributed by atoms with Crippen molar-refractivity contribution in [1.82, 2.24) is 9.88 Å². The van der Waals surface area contributed by atoms with Crippen LogP contribution in [0, 0.1) is 5.92 Å². The number of methoxy groups -OCH3 is 1. The third kappa shape index (κ3) is 3.58. The van der Waals surface area contributed by atoms with E-state index in [0.717, 1.165) is 69.3 Å². The van der Waals surface area contributed by atoms with Crippen LogP contribution in [0.15, 0.2) is 41.5 Å². The van der Waals surface area contributed by atoms with E-state index < -0.39 is 0 Å². The van der Waals surface area contributed by atoms with Gasteiger partial charge in [0.25, 0.3) is 0 Å². The first-order valence-corrected chi connectivity index (χ1v) is 11.8. The quantitative estimate of drug-likeness (QED) is 0.722. The van der Waals surface area contributed by atoms with Crippen LogP contribution in [0.3, 0.4) is 0 Å². The Morgan fingerprint density at radius 1 is 1.09 bits per heavy atom. The Kier molecular flexibility index (Phi) is 5.14. The molecule has 0 spiro atoms. The highest BCUT2D eigenvalue weighted by molar-refractivity contribution is 6.05. The predicted octanol–water partition coefficient (Wildman–Crippen LogP) is 3.14. The topological polar surface area (TPSA) is 53.4 Å². The number of hydrogen-bond acceptors (Lipinski definition) is 7. The lowest BCUT2D eigenvalue weighted by atomic mass is 9.80. The van der Waals surface area contributed by atoms with Crippen LogP contribution >= 0.6 is 0 Å². The number of rotatable bonds is 5. The SMILES string of the molecule is COc1ccc(CN2CN3CC(C4CCC4)N=C3c3ncc(N4CCOCC4)cc32)cc1.